The quantitative estimate of drug-likeness (QED) is 0.446. The van der Waals surface area contributed by atoms with Crippen LogP contribution >= 0.6 is 0 Å². The Morgan fingerprint density at radius 2 is 1.81 bits per heavy atom. The fourth-order valence-electron chi connectivity index (χ4n) is 3.34. The van der Waals surface area contributed by atoms with Gasteiger partial charge in [-0.2, -0.15) is 0 Å². The van der Waals surface area contributed by atoms with Gasteiger partial charge in [0.05, 0.1) is 5.56 Å². The minimum Gasteiger partial charge on any atom is -0.535 e. The van der Waals surface area contributed by atoms with Crippen LogP contribution in [0.2, 0.25) is 5.82 Å². The normalized spacial score (nSPS) is 15.8. The Morgan fingerprint density at radius 3 is 2.41 bits per heavy atom. The maximum Gasteiger partial charge on any atom is 0.526 e. The van der Waals surface area contributed by atoms with Crippen molar-refractivity contribution in [1.29, 1.82) is 0 Å². The number of hydrogen-bond acceptors (Lipinski definition) is 6. The van der Waals surface area contributed by atoms with Crippen LogP contribution in [0.25, 0.3) is 0 Å². The van der Waals surface area contributed by atoms with Crippen molar-refractivity contribution in [2.24, 2.45) is 11.5 Å². The van der Waals surface area contributed by atoms with Crippen LogP contribution in [0.15, 0.2) is 36.4 Å². The standard InChI is InChI=1S/C19H21BN2O5/c21-9-11-4-12(10-22)6-14(5-11)17(23)8-15-7-13-2-1-3-16(19(24)25)18(13)27-20(15)26/h1-6,15,26H,7-10,21-22H2,(H,24,25)/t15-/m1/s1. The Hall–Kier alpha value is -2.68. The molecule has 0 unspecified atom stereocenters. The number of benzene rings is 2. The highest BCUT2D eigenvalue weighted by atomic mass is 16.5. The zero-order chi connectivity index (χ0) is 19.6. The lowest BCUT2D eigenvalue weighted by atomic mass is 9.64. The van der Waals surface area contributed by atoms with E-state index in [2.05, 4.69) is 0 Å². The molecule has 0 aliphatic carbocycles. The molecule has 0 bridgehead atoms. The lowest BCUT2D eigenvalue weighted by Crippen LogP contribution is -2.35. The molecule has 7 nitrogen and oxygen atoms in total. The number of carboxylic acid groups (broad SMARTS) is 1. The molecule has 27 heavy (non-hydrogen) atoms. The van der Waals surface area contributed by atoms with Crippen molar-refractivity contribution in [2.45, 2.75) is 31.7 Å². The predicted molar refractivity (Wildman–Crippen MR) is 101 cm³/mol. The molecule has 2 aromatic rings. The van der Waals surface area contributed by atoms with E-state index < -0.39 is 18.9 Å². The van der Waals surface area contributed by atoms with E-state index in [9.17, 15) is 19.7 Å². The molecule has 140 valence electrons. The number of carboxylic acids is 1. The van der Waals surface area contributed by atoms with Crippen molar-refractivity contribution in [2.75, 3.05) is 0 Å². The van der Waals surface area contributed by atoms with Gasteiger partial charge in [-0.1, -0.05) is 18.2 Å². The third-order valence-corrected chi connectivity index (χ3v) is 4.74. The molecule has 0 spiro atoms. The number of para-hydroxylation sites is 1. The van der Waals surface area contributed by atoms with E-state index in [1.807, 2.05) is 6.07 Å². The van der Waals surface area contributed by atoms with Gasteiger partial charge in [0.15, 0.2) is 5.78 Å². The van der Waals surface area contributed by atoms with Crippen LogP contribution in [-0.4, -0.2) is 29.0 Å². The van der Waals surface area contributed by atoms with Crippen LogP contribution in [0.5, 0.6) is 5.75 Å². The first-order valence-corrected chi connectivity index (χ1v) is 8.69. The van der Waals surface area contributed by atoms with E-state index in [0.717, 1.165) is 11.1 Å². The maximum absolute atomic E-state index is 12.7. The Labute approximate surface area is 157 Å². The highest BCUT2D eigenvalue weighted by Crippen LogP contribution is 2.36. The average Bonchev–Trinajstić information content (AvgIpc) is 2.67. The second kappa shape index (κ2) is 7.91. The van der Waals surface area contributed by atoms with Gasteiger partial charge in [-0.25, -0.2) is 4.79 Å². The number of nitrogens with two attached hydrogens (primary N) is 2. The Kier molecular flexibility index (Phi) is 5.60. The molecule has 1 atom stereocenters. The number of carbonyl (C=O) groups is 2. The summed E-state index contributed by atoms with van der Waals surface area (Å²) >= 11 is 0. The first kappa shape index (κ1) is 19.1. The molecular formula is C19H21BN2O5. The van der Waals surface area contributed by atoms with Gasteiger partial charge in [-0.3, -0.25) is 4.79 Å². The maximum atomic E-state index is 12.7. The predicted octanol–water partition coefficient (Wildman–Crippen LogP) is 1.36. The molecule has 2 aromatic carbocycles. The molecular weight excluding hydrogens is 347 g/mol. The van der Waals surface area contributed by atoms with Crippen molar-refractivity contribution >= 4 is 18.9 Å². The SMILES string of the molecule is NCc1cc(CN)cc(C(=O)C[C@H]2Cc3cccc(C(=O)O)c3OB2O)c1. The summed E-state index contributed by atoms with van der Waals surface area (Å²) in [6.45, 7) is 0.600. The molecule has 6 N–H and O–H groups in total. The zero-order valence-electron chi connectivity index (χ0n) is 14.7. The van der Waals surface area contributed by atoms with Gasteiger partial charge in [0.25, 0.3) is 0 Å². The van der Waals surface area contributed by atoms with E-state index in [4.69, 9.17) is 16.1 Å². The number of fused-ring (bicyclic) bond motifs is 1. The monoisotopic (exact) mass is 368 g/mol. The Balaban J connectivity index is 1.82. The van der Waals surface area contributed by atoms with Gasteiger partial charge in [0.2, 0.25) is 0 Å². The molecule has 0 saturated heterocycles. The molecule has 0 saturated carbocycles. The van der Waals surface area contributed by atoms with E-state index >= 15 is 0 Å². The van der Waals surface area contributed by atoms with E-state index in [1.165, 1.54) is 6.07 Å². The third-order valence-electron chi connectivity index (χ3n) is 4.74. The number of ketones is 1. The first-order valence-electron chi connectivity index (χ1n) is 8.69. The minimum absolute atomic E-state index is 0.000406. The van der Waals surface area contributed by atoms with Crippen molar-refractivity contribution < 1.29 is 24.4 Å². The van der Waals surface area contributed by atoms with Crippen molar-refractivity contribution in [3.63, 3.8) is 0 Å². The number of hydrogen-bond donors (Lipinski definition) is 4. The Bertz CT molecular complexity index is 864. The molecule has 0 fully saturated rings. The lowest BCUT2D eigenvalue weighted by Gasteiger charge is -2.28. The Morgan fingerprint density at radius 1 is 1.15 bits per heavy atom. The van der Waals surface area contributed by atoms with E-state index in [-0.39, 0.29) is 23.5 Å². The van der Waals surface area contributed by atoms with E-state index in [1.54, 1.807) is 24.3 Å². The molecule has 1 aliphatic rings. The van der Waals surface area contributed by atoms with Gasteiger partial charge >= 0.3 is 13.1 Å². The molecule has 0 radical (unpaired) electrons. The van der Waals surface area contributed by atoms with Gasteiger partial charge in [0, 0.05) is 30.9 Å². The van der Waals surface area contributed by atoms with Crippen LogP contribution in [0.1, 0.15) is 43.8 Å². The van der Waals surface area contributed by atoms with Crippen molar-refractivity contribution in [3.05, 3.63) is 64.2 Å². The van der Waals surface area contributed by atoms with Crippen LogP contribution < -0.4 is 16.1 Å². The summed E-state index contributed by atoms with van der Waals surface area (Å²) in [6, 6.07) is 10.1. The summed E-state index contributed by atoms with van der Waals surface area (Å²) in [7, 11) is -1.26. The number of carbonyl (C=O) groups excluding carboxylic acids is 1. The summed E-state index contributed by atoms with van der Waals surface area (Å²) < 4.78 is 5.45. The summed E-state index contributed by atoms with van der Waals surface area (Å²) in [6.07, 6.45) is 0.416. The lowest BCUT2D eigenvalue weighted by molar-refractivity contribution is 0.0693. The number of Topliss-reactive ketones (excluding diaryl/α,β-unsaturated/α-hetero) is 1. The van der Waals surface area contributed by atoms with E-state index in [0.29, 0.717) is 30.6 Å². The molecule has 3 rings (SSSR count). The third kappa shape index (κ3) is 4.03. The molecule has 1 heterocycles. The van der Waals surface area contributed by atoms with Gasteiger partial charge in [0.1, 0.15) is 5.75 Å². The zero-order valence-corrected chi connectivity index (χ0v) is 14.7. The highest BCUT2D eigenvalue weighted by molar-refractivity contribution is 6.47. The molecule has 1 aliphatic heterocycles. The topological polar surface area (TPSA) is 136 Å². The average molecular weight is 368 g/mol. The van der Waals surface area contributed by atoms with Crippen LogP contribution in [0.4, 0.5) is 0 Å². The number of aromatic carboxylic acids is 1. The molecule has 0 amide bonds. The van der Waals surface area contributed by atoms with Crippen LogP contribution in [0.3, 0.4) is 0 Å². The largest absolute Gasteiger partial charge is 0.535 e. The fraction of sp³-hybridized carbons (Fsp3) is 0.263. The summed E-state index contributed by atoms with van der Waals surface area (Å²) in [5, 5.41) is 19.6. The second-order valence-electron chi connectivity index (χ2n) is 6.65. The minimum atomic E-state index is -1.26. The van der Waals surface area contributed by atoms with Gasteiger partial charge in [-0.15, -0.1) is 0 Å². The first-order chi connectivity index (χ1) is 12.9. The summed E-state index contributed by atoms with van der Waals surface area (Å²) in [4.78, 5) is 24.0. The summed E-state index contributed by atoms with van der Waals surface area (Å²) in [5.41, 5.74) is 14.2. The second-order valence-corrected chi connectivity index (χ2v) is 6.65. The smallest absolute Gasteiger partial charge is 0.526 e. The van der Waals surface area contributed by atoms with Crippen LogP contribution in [0, 0.1) is 0 Å². The molecule has 8 heteroatoms. The fourth-order valence-corrected chi connectivity index (χ4v) is 3.34. The van der Waals surface area contributed by atoms with Crippen LogP contribution in [-0.2, 0) is 19.5 Å². The highest BCUT2D eigenvalue weighted by Gasteiger charge is 2.37. The van der Waals surface area contributed by atoms with Crippen molar-refractivity contribution in [1.82, 2.24) is 0 Å². The van der Waals surface area contributed by atoms with Crippen molar-refractivity contribution in [3.8, 4) is 5.75 Å². The summed E-state index contributed by atoms with van der Waals surface area (Å²) in [5.74, 6) is -1.58. The number of rotatable bonds is 6. The molecule has 0 aromatic heterocycles. The van der Waals surface area contributed by atoms with Gasteiger partial charge < -0.3 is 26.3 Å². The van der Waals surface area contributed by atoms with Gasteiger partial charge in [-0.05, 0) is 41.3 Å².